The Morgan fingerprint density at radius 2 is 1.96 bits per heavy atom. The molecule has 0 saturated heterocycles. The van der Waals surface area contributed by atoms with Crippen LogP contribution in [0.2, 0.25) is 0 Å². The number of hydrogen-bond acceptors (Lipinski definition) is 2. The smallest absolute Gasteiger partial charge is 0.191 e. The van der Waals surface area contributed by atoms with E-state index in [2.05, 4.69) is 63.3 Å². The van der Waals surface area contributed by atoms with Gasteiger partial charge in [-0.3, -0.25) is 9.67 Å². The number of aliphatic imine (C=N–C) groups is 1. The van der Waals surface area contributed by atoms with Crippen LogP contribution in [0.1, 0.15) is 24.0 Å². The summed E-state index contributed by atoms with van der Waals surface area (Å²) in [6, 6.07) is 10.8. The SMILES string of the molecule is CN=C(NCc1cnn(Cc2ccccc2)c1)NC1CC=CC1.I. The number of aromatic nitrogens is 2. The van der Waals surface area contributed by atoms with Crippen LogP contribution in [-0.2, 0) is 13.1 Å². The Morgan fingerprint density at radius 1 is 1.21 bits per heavy atom. The molecule has 0 spiro atoms. The van der Waals surface area contributed by atoms with Crippen LogP contribution in [0.15, 0.2) is 59.9 Å². The van der Waals surface area contributed by atoms with Crippen molar-refractivity contribution in [3.8, 4) is 0 Å². The normalized spacial score (nSPS) is 14.5. The van der Waals surface area contributed by atoms with Crippen LogP contribution >= 0.6 is 24.0 Å². The van der Waals surface area contributed by atoms with E-state index in [1.54, 1.807) is 7.05 Å². The van der Waals surface area contributed by atoms with E-state index in [4.69, 9.17) is 0 Å². The van der Waals surface area contributed by atoms with Gasteiger partial charge >= 0.3 is 0 Å². The highest BCUT2D eigenvalue weighted by molar-refractivity contribution is 14.0. The minimum Gasteiger partial charge on any atom is -0.353 e. The maximum atomic E-state index is 4.42. The molecule has 24 heavy (non-hydrogen) atoms. The van der Waals surface area contributed by atoms with Crippen LogP contribution in [0, 0.1) is 0 Å². The van der Waals surface area contributed by atoms with E-state index in [9.17, 15) is 0 Å². The summed E-state index contributed by atoms with van der Waals surface area (Å²) in [4.78, 5) is 4.28. The van der Waals surface area contributed by atoms with E-state index in [1.165, 1.54) is 5.56 Å². The average molecular weight is 437 g/mol. The van der Waals surface area contributed by atoms with Gasteiger partial charge in [-0.15, -0.1) is 24.0 Å². The van der Waals surface area contributed by atoms with Gasteiger partial charge in [-0.05, 0) is 18.4 Å². The fourth-order valence-corrected chi connectivity index (χ4v) is 2.66. The van der Waals surface area contributed by atoms with Crippen molar-refractivity contribution in [3.63, 3.8) is 0 Å². The summed E-state index contributed by atoms with van der Waals surface area (Å²) in [5.41, 5.74) is 2.40. The van der Waals surface area contributed by atoms with Gasteiger partial charge in [-0.1, -0.05) is 42.5 Å². The van der Waals surface area contributed by atoms with Crippen LogP contribution in [0.3, 0.4) is 0 Å². The summed E-state index contributed by atoms with van der Waals surface area (Å²) in [5.74, 6) is 0.842. The zero-order chi connectivity index (χ0) is 15.9. The first-order valence-electron chi connectivity index (χ1n) is 8.01. The van der Waals surface area contributed by atoms with Gasteiger partial charge < -0.3 is 10.6 Å². The third-order valence-corrected chi connectivity index (χ3v) is 3.91. The third-order valence-electron chi connectivity index (χ3n) is 3.91. The molecule has 0 fully saturated rings. The lowest BCUT2D eigenvalue weighted by atomic mass is 10.2. The van der Waals surface area contributed by atoms with Crippen molar-refractivity contribution in [2.45, 2.75) is 32.0 Å². The Bertz CT molecular complexity index is 670. The van der Waals surface area contributed by atoms with Crippen LogP contribution in [0.5, 0.6) is 0 Å². The predicted molar refractivity (Wildman–Crippen MR) is 109 cm³/mol. The molecule has 128 valence electrons. The first-order valence-corrected chi connectivity index (χ1v) is 8.01. The maximum Gasteiger partial charge on any atom is 0.191 e. The number of rotatable bonds is 5. The van der Waals surface area contributed by atoms with E-state index >= 15 is 0 Å². The first-order chi connectivity index (χ1) is 11.3. The molecule has 0 saturated carbocycles. The van der Waals surface area contributed by atoms with Gasteiger partial charge in [0.15, 0.2) is 5.96 Å². The molecule has 0 aliphatic heterocycles. The molecule has 6 heteroatoms. The van der Waals surface area contributed by atoms with Gasteiger partial charge in [0.05, 0.1) is 12.7 Å². The highest BCUT2D eigenvalue weighted by atomic mass is 127. The quantitative estimate of drug-likeness (QED) is 0.328. The molecule has 1 aromatic carbocycles. The number of hydrogen-bond donors (Lipinski definition) is 2. The second-order valence-electron chi connectivity index (χ2n) is 5.74. The molecule has 0 atom stereocenters. The molecule has 2 N–H and O–H groups in total. The minimum absolute atomic E-state index is 0. The van der Waals surface area contributed by atoms with Gasteiger partial charge in [-0.2, -0.15) is 5.10 Å². The van der Waals surface area contributed by atoms with Crippen molar-refractivity contribution < 1.29 is 0 Å². The molecule has 1 aromatic heterocycles. The van der Waals surface area contributed by atoms with E-state index < -0.39 is 0 Å². The van der Waals surface area contributed by atoms with E-state index in [1.807, 2.05) is 16.9 Å². The summed E-state index contributed by atoms with van der Waals surface area (Å²) in [6.07, 6.45) is 10.5. The van der Waals surface area contributed by atoms with Gasteiger partial charge in [0.2, 0.25) is 0 Å². The Balaban J connectivity index is 0.00000208. The van der Waals surface area contributed by atoms with Gasteiger partial charge in [-0.25, -0.2) is 0 Å². The molecule has 3 rings (SSSR count). The van der Waals surface area contributed by atoms with Crippen molar-refractivity contribution in [1.29, 1.82) is 0 Å². The third kappa shape index (κ3) is 5.36. The van der Waals surface area contributed by atoms with Gasteiger partial charge in [0.1, 0.15) is 0 Å². The minimum atomic E-state index is 0. The summed E-state index contributed by atoms with van der Waals surface area (Å²) >= 11 is 0. The Labute approximate surface area is 160 Å². The fourth-order valence-electron chi connectivity index (χ4n) is 2.66. The van der Waals surface area contributed by atoms with Crippen LogP contribution < -0.4 is 10.6 Å². The number of nitrogens with zero attached hydrogens (tertiary/aromatic N) is 3. The molecule has 0 amide bonds. The van der Waals surface area contributed by atoms with Gasteiger partial charge in [0, 0.05) is 31.4 Å². The Morgan fingerprint density at radius 3 is 2.67 bits per heavy atom. The molecule has 2 aromatic rings. The van der Waals surface area contributed by atoms with Crippen LogP contribution in [0.25, 0.3) is 0 Å². The lowest BCUT2D eigenvalue weighted by Crippen LogP contribution is -2.42. The summed E-state index contributed by atoms with van der Waals surface area (Å²) in [6.45, 7) is 1.51. The number of guanidine groups is 1. The van der Waals surface area contributed by atoms with Crippen molar-refractivity contribution >= 4 is 29.9 Å². The lowest BCUT2D eigenvalue weighted by Gasteiger charge is -2.16. The van der Waals surface area contributed by atoms with Gasteiger partial charge in [0.25, 0.3) is 0 Å². The fraction of sp³-hybridized carbons (Fsp3) is 0.333. The highest BCUT2D eigenvalue weighted by Gasteiger charge is 2.11. The Kier molecular flexibility index (Phi) is 7.30. The molecule has 5 nitrogen and oxygen atoms in total. The number of halogens is 1. The standard InChI is InChI=1S/C18H23N5.HI/c1-19-18(22-17-9-5-6-10-17)20-11-16-12-21-23(14-16)13-15-7-3-2-4-8-15;/h2-8,12,14,17H,9-11,13H2,1H3,(H2,19,20,22);1H. The van der Waals surface area contributed by atoms with Crippen molar-refractivity contribution in [3.05, 3.63) is 66.0 Å². The molecule has 0 unspecified atom stereocenters. The lowest BCUT2D eigenvalue weighted by molar-refractivity contribution is 0.632. The van der Waals surface area contributed by atoms with Crippen molar-refractivity contribution in [2.24, 2.45) is 4.99 Å². The largest absolute Gasteiger partial charge is 0.353 e. The zero-order valence-electron chi connectivity index (χ0n) is 13.9. The van der Waals surface area contributed by atoms with Crippen molar-refractivity contribution in [2.75, 3.05) is 7.05 Å². The average Bonchev–Trinajstić information content (AvgIpc) is 3.24. The highest BCUT2D eigenvalue weighted by Crippen LogP contribution is 2.09. The second-order valence-corrected chi connectivity index (χ2v) is 5.74. The molecule has 1 aliphatic rings. The monoisotopic (exact) mass is 437 g/mol. The molecule has 1 heterocycles. The molecule has 1 aliphatic carbocycles. The van der Waals surface area contributed by atoms with E-state index in [-0.39, 0.29) is 24.0 Å². The number of nitrogens with one attached hydrogen (secondary N) is 2. The summed E-state index contributed by atoms with van der Waals surface area (Å²) < 4.78 is 1.96. The molecular formula is C18H24IN5. The van der Waals surface area contributed by atoms with Crippen LogP contribution in [0.4, 0.5) is 0 Å². The van der Waals surface area contributed by atoms with Crippen LogP contribution in [-0.4, -0.2) is 28.8 Å². The predicted octanol–water partition coefficient (Wildman–Crippen LogP) is 2.93. The van der Waals surface area contributed by atoms with E-state index in [0.717, 1.165) is 30.9 Å². The first kappa shape index (κ1) is 18.5. The topological polar surface area (TPSA) is 54.2 Å². The zero-order valence-corrected chi connectivity index (χ0v) is 16.2. The van der Waals surface area contributed by atoms with Crippen molar-refractivity contribution in [1.82, 2.24) is 20.4 Å². The molecular weight excluding hydrogens is 413 g/mol. The summed E-state index contributed by atoms with van der Waals surface area (Å²) in [5, 5.41) is 11.2. The van der Waals surface area contributed by atoms with E-state index in [0.29, 0.717) is 12.6 Å². The Hall–Kier alpha value is -1.83. The molecule has 0 bridgehead atoms. The number of benzene rings is 1. The summed E-state index contributed by atoms with van der Waals surface area (Å²) in [7, 11) is 1.80. The maximum absolute atomic E-state index is 4.42. The molecule has 0 radical (unpaired) electrons. The second kappa shape index (κ2) is 9.46.